The number of hydrogen-bond donors (Lipinski definition) is 1. The van der Waals surface area contributed by atoms with Gasteiger partial charge >= 0.3 is 5.97 Å². The molecule has 0 unspecified atom stereocenters. The lowest BCUT2D eigenvalue weighted by atomic mass is 10.1. The molecule has 0 aliphatic carbocycles. The van der Waals surface area contributed by atoms with Gasteiger partial charge in [0.25, 0.3) is 5.88 Å². The van der Waals surface area contributed by atoms with E-state index >= 15 is 0 Å². The van der Waals surface area contributed by atoms with Crippen LogP contribution < -0.4 is 19.5 Å². The van der Waals surface area contributed by atoms with Crippen molar-refractivity contribution in [3.63, 3.8) is 0 Å². The highest BCUT2D eigenvalue weighted by atomic mass is 16.5. The predicted molar refractivity (Wildman–Crippen MR) is 144 cm³/mol. The summed E-state index contributed by atoms with van der Waals surface area (Å²) in [6.45, 7) is 4.53. The molecule has 10 nitrogen and oxygen atoms in total. The van der Waals surface area contributed by atoms with Gasteiger partial charge in [-0.25, -0.2) is 9.48 Å². The Labute approximate surface area is 226 Å². The summed E-state index contributed by atoms with van der Waals surface area (Å²) in [6.07, 6.45) is 0. The maximum absolute atomic E-state index is 12.5. The van der Waals surface area contributed by atoms with Gasteiger partial charge in [0.05, 0.1) is 26.8 Å². The normalized spacial score (nSPS) is 10.5. The van der Waals surface area contributed by atoms with Gasteiger partial charge in [-0.15, -0.1) is 5.10 Å². The third-order valence-electron chi connectivity index (χ3n) is 5.63. The van der Waals surface area contributed by atoms with Crippen molar-refractivity contribution >= 4 is 11.9 Å². The summed E-state index contributed by atoms with van der Waals surface area (Å²) in [7, 11) is 1.61. The number of aromatic nitrogens is 3. The first kappa shape index (κ1) is 27.2. The number of ether oxygens (including phenoxy) is 4. The van der Waals surface area contributed by atoms with Crippen LogP contribution in [-0.2, 0) is 16.1 Å². The summed E-state index contributed by atoms with van der Waals surface area (Å²) < 4.78 is 23.7. The molecule has 1 heterocycles. The molecule has 10 heteroatoms. The van der Waals surface area contributed by atoms with E-state index in [2.05, 4.69) is 15.6 Å². The summed E-state index contributed by atoms with van der Waals surface area (Å²) in [6, 6.07) is 22.6. The molecule has 3 aromatic carbocycles. The smallest absolute Gasteiger partial charge is 0.364 e. The molecule has 0 aliphatic rings. The molecule has 202 valence electrons. The molecular formula is C29H30N4O6. The highest BCUT2D eigenvalue weighted by molar-refractivity contribution is 5.89. The molecule has 0 fully saturated rings. The second-order valence-corrected chi connectivity index (χ2v) is 8.46. The Balaban J connectivity index is 1.51. The van der Waals surface area contributed by atoms with Crippen molar-refractivity contribution in [1.82, 2.24) is 20.3 Å². The van der Waals surface area contributed by atoms with E-state index in [4.69, 9.17) is 18.9 Å². The Morgan fingerprint density at radius 2 is 1.67 bits per heavy atom. The molecule has 0 spiro atoms. The number of carbonyl (C=O) groups excluding carboxylic acids is 2. The molecule has 0 radical (unpaired) electrons. The van der Waals surface area contributed by atoms with Crippen LogP contribution >= 0.6 is 0 Å². The van der Waals surface area contributed by atoms with E-state index in [-0.39, 0.29) is 24.1 Å². The Morgan fingerprint density at radius 1 is 0.923 bits per heavy atom. The Bertz CT molecular complexity index is 1400. The monoisotopic (exact) mass is 530 g/mol. The molecule has 1 aromatic heterocycles. The van der Waals surface area contributed by atoms with E-state index < -0.39 is 5.97 Å². The first-order valence-electron chi connectivity index (χ1n) is 12.5. The number of rotatable bonds is 12. The van der Waals surface area contributed by atoms with E-state index in [0.717, 1.165) is 22.4 Å². The summed E-state index contributed by atoms with van der Waals surface area (Å²) in [5.41, 5.74) is 2.83. The van der Waals surface area contributed by atoms with E-state index in [1.165, 1.54) is 11.6 Å². The van der Waals surface area contributed by atoms with E-state index in [9.17, 15) is 9.59 Å². The van der Waals surface area contributed by atoms with E-state index in [1.807, 2.05) is 60.7 Å². The molecule has 0 bridgehead atoms. The van der Waals surface area contributed by atoms with Crippen molar-refractivity contribution in [2.24, 2.45) is 0 Å². The van der Waals surface area contributed by atoms with E-state index in [0.29, 0.717) is 31.2 Å². The Kier molecular flexibility index (Phi) is 9.12. The molecule has 4 aromatic rings. The van der Waals surface area contributed by atoms with Crippen LogP contribution in [-0.4, -0.2) is 53.7 Å². The quantitative estimate of drug-likeness (QED) is 0.211. The van der Waals surface area contributed by atoms with Gasteiger partial charge in [0, 0.05) is 6.92 Å². The van der Waals surface area contributed by atoms with Crippen LogP contribution in [0.3, 0.4) is 0 Å². The van der Waals surface area contributed by atoms with Gasteiger partial charge in [0.1, 0.15) is 23.9 Å². The van der Waals surface area contributed by atoms with Crippen LogP contribution in [0, 0.1) is 0 Å². The molecule has 0 saturated carbocycles. The van der Waals surface area contributed by atoms with E-state index in [1.54, 1.807) is 26.2 Å². The number of benzene rings is 3. The zero-order valence-electron chi connectivity index (χ0n) is 22.0. The topological polar surface area (TPSA) is 114 Å². The van der Waals surface area contributed by atoms with Gasteiger partial charge in [-0.1, -0.05) is 41.6 Å². The molecule has 39 heavy (non-hydrogen) atoms. The zero-order valence-corrected chi connectivity index (χ0v) is 22.0. The SMILES string of the molecule is CCOC(=O)c1nnn(Cc2ccc(OC)cc2)c1Oc1ccc(-c2cccc(OCCNC(C)=O)c2)cc1. The average molecular weight is 531 g/mol. The average Bonchev–Trinajstić information content (AvgIpc) is 3.34. The molecule has 0 atom stereocenters. The lowest BCUT2D eigenvalue weighted by molar-refractivity contribution is -0.119. The standard InChI is InChI=1S/C29H30N4O6/c1-4-37-29(35)27-28(33(32-31-27)19-21-8-12-24(36-3)13-9-21)39-25-14-10-22(11-15-25)23-6-5-7-26(18-23)38-17-16-30-20(2)34/h5-15,18H,4,16-17,19H2,1-3H3,(H,30,34). The number of esters is 1. The first-order valence-corrected chi connectivity index (χ1v) is 12.5. The van der Waals surface area contributed by atoms with Gasteiger partial charge in [-0.3, -0.25) is 4.79 Å². The molecule has 1 amide bonds. The van der Waals surface area contributed by atoms with Gasteiger partial charge in [0.15, 0.2) is 0 Å². The highest BCUT2D eigenvalue weighted by Crippen LogP contribution is 2.29. The van der Waals surface area contributed by atoms with Crippen LogP contribution in [0.5, 0.6) is 23.1 Å². The van der Waals surface area contributed by atoms with Crippen molar-refractivity contribution in [2.45, 2.75) is 20.4 Å². The largest absolute Gasteiger partial charge is 0.497 e. The van der Waals surface area contributed by atoms with Crippen LogP contribution in [0.4, 0.5) is 0 Å². The fourth-order valence-corrected chi connectivity index (χ4v) is 3.73. The second kappa shape index (κ2) is 13.1. The molecule has 1 N–H and O–H groups in total. The number of hydrogen-bond acceptors (Lipinski definition) is 8. The minimum atomic E-state index is -0.611. The van der Waals surface area contributed by atoms with Gasteiger partial charge in [-0.05, 0) is 60.0 Å². The molecular weight excluding hydrogens is 500 g/mol. The van der Waals surface area contributed by atoms with Gasteiger partial charge in [0.2, 0.25) is 11.6 Å². The first-order chi connectivity index (χ1) is 19.0. The number of methoxy groups -OCH3 is 1. The second-order valence-electron chi connectivity index (χ2n) is 8.46. The number of nitrogens with one attached hydrogen (secondary N) is 1. The number of amides is 1. The fourth-order valence-electron chi connectivity index (χ4n) is 3.73. The van der Waals surface area contributed by atoms with Crippen LogP contribution in [0.25, 0.3) is 11.1 Å². The Hall–Kier alpha value is -4.86. The minimum Gasteiger partial charge on any atom is -0.497 e. The minimum absolute atomic E-state index is 0.00134. The van der Waals surface area contributed by atoms with Crippen molar-refractivity contribution in [3.8, 4) is 34.3 Å². The van der Waals surface area contributed by atoms with Crippen molar-refractivity contribution in [3.05, 3.63) is 84.1 Å². The lowest BCUT2D eigenvalue weighted by Gasteiger charge is -2.11. The third kappa shape index (κ3) is 7.35. The maximum atomic E-state index is 12.5. The van der Waals surface area contributed by atoms with Crippen LogP contribution in [0.2, 0.25) is 0 Å². The van der Waals surface area contributed by atoms with Crippen LogP contribution in [0.15, 0.2) is 72.8 Å². The van der Waals surface area contributed by atoms with Crippen molar-refractivity contribution in [2.75, 3.05) is 26.9 Å². The maximum Gasteiger partial charge on any atom is 0.364 e. The fraction of sp³-hybridized carbons (Fsp3) is 0.241. The summed E-state index contributed by atoms with van der Waals surface area (Å²) >= 11 is 0. The lowest BCUT2D eigenvalue weighted by Crippen LogP contribution is -2.25. The predicted octanol–water partition coefficient (Wildman–Crippen LogP) is 4.49. The molecule has 0 saturated heterocycles. The molecule has 0 aliphatic heterocycles. The molecule has 4 rings (SSSR count). The third-order valence-corrected chi connectivity index (χ3v) is 5.63. The Morgan fingerprint density at radius 3 is 2.36 bits per heavy atom. The van der Waals surface area contributed by atoms with Gasteiger partial charge < -0.3 is 24.3 Å². The highest BCUT2D eigenvalue weighted by Gasteiger charge is 2.23. The van der Waals surface area contributed by atoms with Crippen molar-refractivity contribution < 1.29 is 28.5 Å². The van der Waals surface area contributed by atoms with Crippen molar-refractivity contribution in [1.29, 1.82) is 0 Å². The number of nitrogens with zero attached hydrogens (tertiary/aromatic N) is 3. The summed E-state index contributed by atoms with van der Waals surface area (Å²) in [5.74, 6) is 1.43. The van der Waals surface area contributed by atoms with Crippen LogP contribution in [0.1, 0.15) is 29.9 Å². The zero-order chi connectivity index (χ0) is 27.6. The summed E-state index contributed by atoms with van der Waals surface area (Å²) in [4.78, 5) is 23.5. The summed E-state index contributed by atoms with van der Waals surface area (Å²) in [5, 5.41) is 10.9. The van der Waals surface area contributed by atoms with Gasteiger partial charge in [-0.2, -0.15) is 0 Å². The number of carbonyl (C=O) groups is 2.